The molecular weight excluding hydrogens is 230 g/mol. The van der Waals surface area contributed by atoms with Gasteiger partial charge in [-0.15, -0.1) is 0 Å². The Hall–Kier alpha value is -0.650. The number of carbonyl (C=O) groups excluding carboxylic acids is 1. The standard InChI is InChI=1S/C13H27N3O2/c1-4-5-11(14)12(17)15-10-13(2,3)16-6-8-18-9-7-16/h11H,4-10,14H2,1-3H3,(H,15,17)/t11-/m0/s1. The quantitative estimate of drug-likeness (QED) is 0.720. The van der Waals surface area contributed by atoms with Crippen molar-refractivity contribution in [1.29, 1.82) is 0 Å². The lowest BCUT2D eigenvalue weighted by Crippen LogP contribution is -2.56. The molecule has 1 aliphatic rings. The van der Waals surface area contributed by atoms with E-state index in [-0.39, 0.29) is 17.5 Å². The van der Waals surface area contributed by atoms with Crippen LogP contribution < -0.4 is 11.1 Å². The van der Waals surface area contributed by atoms with Crippen molar-refractivity contribution >= 4 is 5.91 Å². The molecule has 1 aliphatic heterocycles. The molecular formula is C13H27N3O2. The minimum Gasteiger partial charge on any atom is -0.379 e. The number of morpholine rings is 1. The van der Waals surface area contributed by atoms with Gasteiger partial charge in [0, 0.05) is 25.2 Å². The monoisotopic (exact) mass is 257 g/mol. The van der Waals surface area contributed by atoms with Crippen molar-refractivity contribution < 1.29 is 9.53 Å². The number of nitrogens with two attached hydrogens (primary N) is 1. The fourth-order valence-corrected chi connectivity index (χ4v) is 2.16. The molecule has 0 aromatic carbocycles. The van der Waals surface area contributed by atoms with Gasteiger partial charge in [-0.1, -0.05) is 13.3 Å². The van der Waals surface area contributed by atoms with E-state index in [0.717, 1.165) is 39.1 Å². The van der Waals surface area contributed by atoms with Gasteiger partial charge in [-0.3, -0.25) is 9.69 Å². The minimum absolute atomic E-state index is 0.0433. The van der Waals surface area contributed by atoms with Gasteiger partial charge >= 0.3 is 0 Å². The molecule has 1 fully saturated rings. The van der Waals surface area contributed by atoms with Crippen LogP contribution in [0, 0.1) is 0 Å². The highest BCUT2D eigenvalue weighted by Crippen LogP contribution is 2.15. The van der Waals surface area contributed by atoms with E-state index in [2.05, 4.69) is 24.1 Å². The van der Waals surface area contributed by atoms with E-state index >= 15 is 0 Å². The van der Waals surface area contributed by atoms with Gasteiger partial charge in [0.2, 0.25) is 5.91 Å². The highest BCUT2D eigenvalue weighted by Gasteiger charge is 2.29. The topological polar surface area (TPSA) is 67.6 Å². The summed E-state index contributed by atoms with van der Waals surface area (Å²) in [6.45, 7) is 10.3. The zero-order valence-corrected chi connectivity index (χ0v) is 11.9. The van der Waals surface area contributed by atoms with Crippen molar-refractivity contribution in [3.63, 3.8) is 0 Å². The maximum absolute atomic E-state index is 11.8. The summed E-state index contributed by atoms with van der Waals surface area (Å²) in [7, 11) is 0. The molecule has 0 radical (unpaired) electrons. The van der Waals surface area contributed by atoms with Crippen molar-refractivity contribution in [2.24, 2.45) is 5.73 Å². The van der Waals surface area contributed by atoms with Crippen LogP contribution in [0.2, 0.25) is 0 Å². The van der Waals surface area contributed by atoms with Crippen LogP contribution in [0.4, 0.5) is 0 Å². The third kappa shape index (κ3) is 4.55. The molecule has 1 atom stereocenters. The number of ether oxygens (including phenoxy) is 1. The smallest absolute Gasteiger partial charge is 0.236 e. The van der Waals surface area contributed by atoms with Crippen molar-refractivity contribution in [3.05, 3.63) is 0 Å². The zero-order chi connectivity index (χ0) is 13.6. The maximum Gasteiger partial charge on any atom is 0.236 e. The third-order valence-corrected chi connectivity index (χ3v) is 3.50. The van der Waals surface area contributed by atoms with Gasteiger partial charge in [0.1, 0.15) is 0 Å². The number of hydrogen-bond donors (Lipinski definition) is 2. The summed E-state index contributed by atoms with van der Waals surface area (Å²) in [5, 5.41) is 2.96. The molecule has 0 aromatic rings. The number of carbonyl (C=O) groups is 1. The lowest BCUT2D eigenvalue weighted by Gasteiger charge is -2.41. The Morgan fingerprint density at radius 3 is 2.61 bits per heavy atom. The SMILES string of the molecule is CCC[C@H](N)C(=O)NCC(C)(C)N1CCOCC1. The summed E-state index contributed by atoms with van der Waals surface area (Å²) < 4.78 is 5.34. The lowest BCUT2D eigenvalue weighted by atomic mass is 10.0. The molecule has 0 aromatic heterocycles. The number of nitrogens with zero attached hydrogens (tertiary/aromatic N) is 1. The molecule has 0 unspecified atom stereocenters. The summed E-state index contributed by atoms with van der Waals surface area (Å²) >= 11 is 0. The van der Waals surface area contributed by atoms with Crippen LogP contribution in [-0.2, 0) is 9.53 Å². The molecule has 1 saturated heterocycles. The first kappa shape index (κ1) is 15.4. The predicted molar refractivity (Wildman–Crippen MR) is 72.4 cm³/mol. The van der Waals surface area contributed by atoms with Gasteiger partial charge in [-0.2, -0.15) is 0 Å². The van der Waals surface area contributed by atoms with Crippen molar-refractivity contribution in [3.8, 4) is 0 Å². The average Bonchev–Trinajstić information content (AvgIpc) is 2.37. The van der Waals surface area contributed by atoms with Crippen LogP contribution >= 0.6 is 0 Å². The van der Waals surface area contributed by atoms with Crippen LogP contribution in [0.1, 0.15) is 33.6 Å². The van der Waals surface area contributed by atoms with Crippen molar-refractivity contribution in [2.75, 3.05) is 32.8 Å². The Morgan fingerprint density at radius 1 is 1.44 bits per heavy atom. The Morgan fingerprint density at radius 2 is 2.06 bits per heavy atom. The van der Waals surface area contributed by atoms with Gasteiger partial charge < -0.3 is 15.8 Å². The second kappa shape index (κ2) is 7.07. The molecule has 5 heteroatoms. The first-order valence-electron chi connectivity index (χ1n) is 6.83. The minimum atomic E-state index is -0.379. The van der Waals surface area contributed by atoms with Crippen LogP contribution in [0.15, 0.2) is 0 Å². The summed E-state index contributed by atoms with van der Waals surface area (Å²) in [6.07, 6.45) is 1.67. The predicted octanol–water partition coefficient (Wildman–Crippen LogP) is 0.341. The fraction of sp³-hybridized carbons (Fsp3) is 0.923. The number of amides is 1. The van der Waals surface area contributed by atoms with Crippen LogP contribution in [0.25, 0.3) is 0 Å². The highest BCUT2D eigenvalue weighted by molar-refractivity contribution is 5.81. The van der Waals surface area contributed by atoms with Gasteiger partial charge in [0.15, 0.2) is 0 Å². The third-order valence-electron chi connectivity index (χ3n) is 3.50. The molecule has 5 nitrogen and oxygen atoms in total. The molecule has 1 heterocycles. The summed E-state index contributed by atoms with van der Waals surface area (Å²) in [4.78, 5) is 14.1. The molecule has 0 bridgehead atoms. The number of rotatable bonds is 6. The number of hydrogen-bond acceptors (Lipinski definition) is 4. The Balaban J connectivity index is 2.38. The molecule has 106 valence electrons. The van der Waals surface area contributed by atoms with Gasteiger partial charge in [-0.05, 0) is 20.3 Å². The summed E-state index contributed by atoms with van der Waals surface area (Å²) in [6, 6.07) is -0.379. The Labute approximate surface area is 110 Å². The van der Waals surface area contributed by atoms with E-state index in [4.69, 9.17) is 10.5 Å². The van der Waals surface area contributed by atoms with Crippen molar-refractivity contribution in [2.45, 2.75) is 45.2 Å². The Bertz CT molecular complexity index is 263. The Kier molecular flexibility index (Phi) is 6.05. The average molecular weight is 257 g/mol. The van der Waals surface area contributed by atoms with E-state index in [1.807, 2.05) is 6.92 Å². The molecule has 0 saturated carbocycles. The number of nitrogens with one attached hydrogen (secondary N) is 1. The van der Waals surface area contributed by atoms with Crippen molar-refractivity contribution in [1.82, 2.24) is 10.2 Å². The zero-order valence-electron chi connectivity index (χ0n) is 11.9. The fourth-order valence-electron chi connectivity index (χ4n) is 2.16. The normalized spacial score (nSPS) is 19.6. The largest absolute Gasteiger partial charge is 0.379 e. The van der Waals surface area contributed by atoms with Gasteiger partial charge in [0.05, 0.1) is 19.3 Å². The summed E-state index contributed by atoms with van der Waals surface area (Å²) in [5.74, 6) is -0.0433. The van der Waals surface area contributed by atoms with Crippen LogP contribution in [0.3, 0.4) is 0 Å². The van der Waals surface area contributed by atoms with E-state index < -0.39 is 0 Å². The first-order valence-corrected chi connectivity index (χ1v) is 6.83. The van der Waals surface area contributed by atoms with E-state index in [1.165, 1.54) is 0 Å². The molecule has 1 rings (SSSR count). The molecule has 0 aliphatic carbocycles. The van der Waals surface area contributed by atoms with Crippen LogP contribution in [0.5, 0.6) is 0 Å². The lowest BCUT2D eigenvalue weighted by molar-refractivity contribution is -0.123. The molecule has 0 spiro atoms. The van der Waals surface area contributed by atoms with Crippen LogP contribution in [-0.4, -0.2) is 55.2 Å². The molecule has 18 heavy (non-hydrogen) atoms. The van der Waals surface area contributed by atoms with E-state index in [9.17, 15) is 4.79 Å². The van der Waals surface area contributed by atoms with E-state index in [1.54, 1.807) is 0 Å². The molecule has 1 amide bonds. The van der Waals surface area contributed by atoms with Gasteiger partial charge in [-0.25, -0.2) is 0 Å². The highest BCUT2D eigenvalue weighted by atomic mass is 16.5. The first-order chi connectivity index (χ1) is 8.47. The van der Waals surface area contributed by atoms with Gasteiger partial charge in [0.25, 0.3) is 0 Å². The second-order valence-corrected chi connectivity index (χ2v) is 5.52. The maximum atomic E-state index is 11.8. The summed E-state index contributed by atoms with van der Waals surface area (Å²) in [5.41, 5.74) is 5.74. The second-order valence-electron chi connectivity index (χ2n) is 5.52. The molecule has 3 N–H and O–H groups in total. The van der Waals surface area contributed by atoms with E-state index in [0.29, 0.717) is 6.54 Å².